The minimum absolute atomic E-state index is 0.366. The number of aromatic hydroxyl groups is 1. The summed E-state index contributed by atoms with van der Waals surface area (Å²) < 4.78 is 3.39. The van der Waals surface area contributed by atoms with Gasteiger partial charge in [0.1, 0.15) is 0 Å². The quantitative estimate of drug-likeness (QED) is 0.576. The topological polar surface area (TPSA) is 89.2 Å². The molecule has 0 saturated heterocycles. The third-order valence-electron chi connectivity index (χ3n) is 4.69. The van der Waals surface area contributed by atoms with E-state index in [-0.39, 0.29) is 5.69 Å². The van der Waals surface area contributed by atoms with Crippen LogP contribution >= 0.6 is 0 Å². The maximum atomic E-state index is 12.1. The molecule has 28 heavy (non-hydrogen) atoms. The molecule has 0 atom stereocenters. The summed E-state index contributed by atoms with van der Waals surface area (Å²) in [4.78, 5) is 24.1. The van der Waals surface area contributed by atoms with E-state index in [1.807, 2.05) is 60.3 Å². The Morgan fingerprint density at radius 3 is 2.71 bits per heavy atom. The van der Waals surface area contributed by atoms with Gasteiger partial charge in [0, 0.05) is 31.4 Å². The molecule has 0 bridgehead atoms. The third-order valence-corrected chi connectivity index (χ3v) is 4.69. The Kier molecular flexibility index (Phi) is 4.19. The summed E-state index contributed by atoms with van der Waals surface area (Å²) in [7, 11) is 3.38. The van der Waals surface area contributed by atoms with E-state index < -0.39 is 17.1 Å². The highest BCUT2D eigenvalue weighted by atomic mass is 16.3. The first kappa shape index (κ1) is 17.5. The number of fused-ring (bicyclic) bond motifs is 1. The maximum absolute atomic E-state index is 12.1. The first-order chi connectivity index (χ1) is 13.5. The van der Waals surface area contributed by atoms with E-state index in [0.717, 1.165) is 22.0 Å². The summed E-state index contributed by atoms with van der Waals surface area (Å²) >= 11 is 0. The minimum Gasteiger partial charge on any atom is -0.503 e. The van der Waals surface area contributed by atoms with E-state index in [9.17, 15) is 14.7 Å². The van der Waals surface area contributed by atoms with Crippen LogP contribution in [-0.2, 0) is 7.05 Å². The summed E-state index contributed by atoms with van der Waals surface area (Å²) in [5, 5.41) is 17.7. The monoisotopic (exact) mass is 374 g/mol. The number of amides is 1. The molecule has 4 aromatic rings. The fourth-order valence-corrected chi connectivity index (χ4v) is 3.22. The fraction of sp³-hybridized carbons (Fsp3) is 0.0952. The van der Waals surface area contributed by atoms with Crippen molar-refractivity contribution >= 4 is 16.8 Å². The molecule has 0 aliphatic rings. The Bertz CT molecular complexity index is 1270. The first-order valence-corrected chi connectivity index (χ1v) is 8.69. The van der Waals surface area contributed by atoms with Crippen LogP contribution in [0.4, 0.5) is 0 Å². The summed E-state index contributed by atoms with van der Waals surface area (Å²) in [5.74, 6) is -1.20. The highest BCUT2D eigenvalue weighted by Crippen LogP contribution is 2.29. The predicted octanol–water partition coefficient (Wildman–Crippen LogP) is 2.46. The molecule has 1 amide bonds. The normalized spacial score (nSPS) is 10.9. The van der Waals surface area contributed by atoms with Crippen LogP contribution in [0.25, 0.3) is 27.7 Å². The van der Waals surface area contributed by atoms with Crippen molar-refractivity contribution in [3.63, 3.8) is 0 Å². The molecule has 0 spiro atoms. The van der Waals surface area contributed by atoms with Gasteiger partial charge in [0.05, 0.1) is 11.9 Å². The number of nitrogens with one attached hydrogen (secondary N) is 1. The van der Waals surface area contributed by atoms with Crippen LogP contribution in [-0.4, -0.2) is 32.4 Å². The van der Waals surface area contributed by atoms with Gasteiger partial charge in [0.15, 0.2) is 11.4 Å². The van der Waals surface area contributed by atoms with Gasteiger partial charge in [0.2, 0.25) is 0 Å². The Morgan fingerprint density at radius 1 is 1.14 bits per heavy atom. The Hall–Kier alpha value is -3.87. The van der Waals surface area contributed by atoms with E-state index in [1.165, 1.54) is 17.9 Å². The van der Waals surface area contributed by atoms with Crippen LogP contribution in [0, 0.1) is 0 Å². The molecule has 0 unspecified atom stereocenters. The molecule has 0 aliphatic heterocycles. The lowest BCUT2D eigenvalue weighted by atomic mass is 10.0. The number of carbonyl (C=O) groups excluding carboxylic acids is 1. The van der Waals surface area contributed by atoms with Crippen molar-refractivity contribution in [3.05, 3.63) is 76.8 Å². The van der Waals surface area contributed by atoms with E-state index in [0.29, 0.717) is 5.69 Å². The van der Waals surface area contributed by atoms with E-state index in [2.05, 4.69) is 16.5 Å². The number of hydrogen-bond donors (Lipinski definition) is 2. The second kappa shape index (κ2) is 6.70. The third kappa shape index (κ3) is 2.83. The van der Waals surface area contributed by atoms with E-state index >= 15 is 0 Å². The number of aryl methyl sites for hydroxylation is 1. The molecular formula is C21H18N4O3. The van der Waals surface area contributed by atoms with Gasteiger partial charge in [-0.3, -0.25) is 9.59 Å². The van der Waals surface area contributed by atoms with Crippen molar-refractivity contribution in [2.45, 2.75) is 0 Å². The molecule has 0 saturated carbocycles. The zero-order valence-corrected chi connectivity index (χ0v) is 15.4. The van der Waals surface area contributed by atoms with Gasteiger partial charge < -0.3 is 15.0 Å². The number of nitrogens with zero attached hydrogens (tertiary/aromatic N) is 3. The summed E-state index contributed by atoms with van der Waals surface area (Å²) in [6.07, 6.45) is 3.21. The van der Waals surface area contributed by atoms with Crippen molar-refractivity contribution < 1.29 is 9.90 Å². The van der Waals surface area contributed by atoms with Crippen LogP contribution in [0.15, 0.2) is 65.7 Å². The average Bonchev–Trinajstić information content (AvgIpc) is 3.09. The van der Waals surface area contributed by atoms with Crippen LogP contribution in [0.3, 0.4) is 0 Å². The minimum atomic E-state index is -0.807. The molecule has 4 rings (SSSR count). The molecule has 2 aromatic heterocycles. The van der Waals surface area contributed by atoms with Gasteiger partial charge in [0.25, 0.3) is 11.3 Å². The summed E-state index contributed by atoms with van der Waals surface area (Å²) in [6.45, 7) is 0. The van der Waals surface area contributed by atoms with Crippen molar-refractivity contribution in [2.24, 2.45) is 7.05 Å². The summed E-state index contributed by atoms with van der Waals surface area (Å²) in [5.41, 5.74) is 2.34. The van der Waals surface area contributed by atoms with Crippen LogP contribution < -0.4 is 10.7 Å². The second-order valence-corrected chi connectivity index (χ2v) is 6.43. The smallest absolute Gasteiger partial charge is 0.275 e. The van der Waals surface area contributed by atoms with Gasteiger partial charge in [-0.05, 0) is 29.1 Å². The number of hydrogen-bond acceptors (Lipinski definition) is 4. The molecule has 0 radical (unpaired) electrons. The molecule has 140 valence electrons. The van der Waals surface area contributed by atoms with Crippen molar-refractivity contribution in [2.75, 3.05) is 7.05 Å². The van der Waals surface area contributed by atoms with Crippen molar-refractivity contribution in [1.29, 1.82) is 0 Å². The van der Waals surface area contributed by atoms with E-state index in [1.54, 1.807) is 0 Å². The van der Waals surface area contributed by atoms with Gasteiger partial charge in [-0.15, -0.1) is 0 Å². The van der Waals surface area contributed by atoms with Crippen LogP contribution in [0.1, 0.15) is 10.5 Å². The average molecular weight is 374 g/mol. The van der Waals surface area contributed by atoms with E-state index in [4.69, 9.17) is 0 Å². The highest BCUT2D eigenvalue weighted by Gasteiger charge is 2.17. The zero-order valence-electron chi connectivity index (χ0n) is 15.4. The lowest BCUT2D eigenvalue weighted by Crippen LogP contribution is -2.29. The first-order valence-electron chi connectivity index (χ1n) is 8.69. The Balaban J connectivity index is 1.93. The lowest BCUT2D eigenvalue weighted by Gasteiger charge is -2.13. The number of benzene rings is 2. The Morgan fingerprint density at radius 2 is 1.93 bits per heavy atom. The second-order valence-electron chi connectivity index (χ2n) is 6.43. The van der Waals surface area contributed by atoms with Gasteiger partial charge in [-0.25, -0.2) is 4.68 Å². The van der Waals surface area contributed by atoms with Crippen LogP contribution in [0.2, 0.25) is 0 Å². The van der Waals surface area contributed by atoms with Gasteiger partial charge in [-0.2, -0.15) is 5.10 Å². The number of rotatable bonds is 3. The molecule has 0 aliphatic carbocycles. The number of carbonyl (C=O) groups is 1. The predicted molar refractivity (Wildman–Crippen MR) is 107 cm³/mol. The Labute approximate surface area is 160 Å². The van der Waals surface area contributed by atoms with Gasteiger partial charge in [-0.1, -0.05) is 30.3 Å². The maximum Gasteiger partial charge on any atom is 0.275 e. The zero-order chi connectivity index (χ0) is 19.8. The van der Waals surface area contributed by atoms with Crippen molar-refractivity contribution in [3.8, 4) is 22.6 Å². The highest BCUT2D eigenvalue weighted by molar-refractivity contribution is 5.92. The standard InChI is InChI=1S/C21H18N4O3/c1-22-21(28)19-20(27)18(26)12-25(23-19)16-6-4-3-5-15(16)14-8-7-13-9-10-24(2)17(13)11-14/h3-12,26H,1-2H3,(H,22,28). The largest absolute Gasteiger partial charge is 0.503 e. The summed E-state index contributed by atoms with van der Waals surface area (Å²) in [6, 6.07) is 15.6. The number of para-hydroxylation sites is 1. The number of aromatic nitrogens is 3. The van der Waals surface area contributed by atoms with Crippen molar-refractivity contribution in [1.82, 2.24) is 19.7 Å². The molecule has 7 heteroatoms. The molecule has 0 fully saturated rings. The lowest BCUT2D eigenvalue weighted by molar-refractivity contribution is 0.0954. The molecule has 2 aromatic carbocycles. The fourth-order valence-electron chi connectivity index (χ4n) is 3.22. The van der Waals surface area contributed by atoms with Crippen LogP contribution in [0.5, 0.6) is 5.75 Å². The molecule has 7 nitrogen and oxygen atoms in total. The molecule has 2 heterocycles. The molecular weight excluding hydrogens is 356 g/mol. The molecule has 2 N–H and O–H groups in total. The van der Waals surface area contributed by atoms with Gasteiger partial charge >= 0.3 is 0 Å². The SMILES string of the molecule is CNC(=O)c1nn(-c2ccccc2-c2ccc3ccn(C)c3c2)cc(O)c1=O.